The minimum atomic E-state index is -1.26. The Labute approximate surface area is 242 Å². The summed E-state index contributed by atoms with van der Waals surface area (Å²) in [5.74, 6) is 0.0311. The van der Waals surface area contributed by atoms with Crippen molar-refractivity contribution < 1.29 is 38.8 Å². The molecular weight excluding hydrogens is 582 g/mol. The Hall–Kier alpha value is -3.21. The molecule has 1 fully saturated rings. The lowest BCUT2D eigenvalue weighted by molar-refractivity contribution is -0.134. The summed E-state index contributed by atoms with van der Waals surface area (Å²) in [5, 5.41) is 15.6. The van der Waals surface area contributed by atoms with Crippen molar-refractivity contribution in [3.05, 3.63) is 69.7 Å². The molecule has 0 bridgehead atoms. The molecule has 9 nitrogen and oxygen atoms in total. The highest BCUT2D eigenvalue weighted by Gasteiger charge is 2.21. The van der Waals surface area contributed by atoms with E-state index in [-0.39, 0.29) is 5.78 Å². The number of hydrogen-bond donors (Lipinski definition) is 2. The number of aliphatic carboxylic acids is 2. The van der Waals surface area contributed by atoms with Crippen molar-refractivity contribution in [3.63, 3.8) is 0 Å². The molecule has 216 valence electrons. The molecule has 0 radical (unpaired) electrons. The van der Waals surface area contributed by atoms with E-state index in [0.717, 1.165) is 54.0 Å². The second kappa shape index (κ2) is 16.2. The lowest BCUT2D eigenvalue weighted by atomic mass is 9.90. The van der Waals surface area contributed by atoms with E-state index in [1.165, 1.54) is 24.0 Å². The summed E-state index contributed by atoms with van der Waals surface area (Å²) >= 11 is 3.58. The van der Waals surface area contributed by atoms with E-state index in [2.05, 4.69) is 45.1 Å². The Kier molecular flexibility index (Phi) is 12.6. The summed E-state index contributed by atoms with van der Waals surface area (Å²) in [6.07, 6.45) is 6.10. The first-order chi connectivity index (χ1) is 19.2. The number of rotatable bonds is 11. The number of halogens is 1. The summed E-state index contributed by atoms with van der Waals surface area (Å²) in [4.78, 5) is 33.8. The van der Waals surface area contributed by atoms with Gasteiger partial charge in [0, 0.05) is 32.2 Å². The zero-order chi connectivity index (χ0) is 28.9. The third kappa shape index (κ3) is 10.4. The molecule has 40 heavy (non-hydrogen) atoms. The number of likely N-dealkylation sites (tertiary alicyclic amines) is 1. The third-order valence-electron chi connectivity index (χ3n) is 6.79. The highest BCUT2D eigenvalue weighted by atomic mass is 79.9. The lowest BCUT2D eigenvalue weighted by Crippen LogP contribution is -2.35. The maximum Gasteiger partial charge on any atom is 0.328 e. The van der Waals surface area contributed by atoms with Gasteiger partial charge in [0.1, 0.15) is 18.1 Å². The minimum absolute atomic E-state index is 0.203. The summed E-state index contributed by atoms with van der Waals surface area (Å²) in [6, 6.07) is 12.5. The first kappa shape index (κ1) is 31.3. The lowest BCUT2D eigenvalue weighted by Gasteiger charge is -2.32. The van der Waals surface area contributed by atoms with Gasteiger partial charge in [0.05, 0.1) is 23.2 Å². The number of carbonyl (C=O) groups is 3. The maximum absolute atomic E-state index is 12.1. The van der Waals surface area contributed by atoms with Crippen LogP contribution in [0, 0.1) is 5.92 Å². The number of piperidine rings is 1. The van der Waals surface area contributed by atoms with Gasteiger partial charge in [-0.3, -0.25) is 4.79 Å². The number of fused-ring (bicyclic) bond motifs is 1. The number of ether oxygens (including phenoxy) is 3. The average molecular weight is 619 g/mol. The van der Waals surface area contributed by atoms with Crippen molar-refractivity contribution in [1.82, 2.24) is 4.90 Å². The van der Waals surface area contributed by atoms with E-state index in [1.807, 2.05) is 12.1 Å². The van der Waals surface area contributed by atoms with Gasteiger partial charge in [-0.05, 0) is 96.0 Å². The molecule has 2 aromatic rings. The summed E-state index contributed by atoms with van der Waals surface area (Å²) in [6.45, 7) is 4.95. The standard InChI is InChI=1S/C26H32BrNO4.C4H4O4/c1-30-14-15-32-26-18-21(2-4-23(26)27)16-20-7-11-28(12-8-20)10-6-19-3-5-25-22(17-19)24(29)9-13-31-25;5-3(6)1-2-4(7)8/h2-5,17-18,20H,6-16H2,1H3;1-2H,(H,5,6)(H,7,8). The van der Waals surface area contributed by atoms with Crippen LogP contribution in [-0.4, -0.2) is 79.4 Å². The molecule has 0 spiro atoms. The van der Waals surface area contributed by atoms with Crippen molar-refractivity contribution >= 4 is 33.7 Å². The van der Waals surface area contributed by atoms with Crippen molar-refractivity contribution in [2.24, 2.45) is 5.92 Å². The molecule has 10 heteroatoms. The molecule has 2 aromatic carbocycles. The van der Waals surface area contributed by atoms with E-state index in [4.69, 9.17) is 24.4 Å². The molecule has 0 aliphatic carbocycles. The van der Waals surface area contributed by atoms with Crippen LogP contribution in [0.25, 0.3) is 0 Å². The largest absolute Gasteiger partial charge is 0.492 e. The Morgan fingerprint density at radius 2 is 1.75 bits per heavy atom. The van der Waals surface area contributed by atoms with E-state index in [9.17, 15) is 14.4 Å². The van der Waals surface area contributed by atoms with E-state index >= 15 is 0 Å². The van der Waals surface area contributed by atoms with Crippen LogP contribution in [0.1, 0.15) is 40.7 Å². The van der Waals surface area contributed by atoms with Gasteiger partial charge >= 0.3 is 11.9 Å². The van der Waals surface area contributed by atoms with Gasteiger partial charge in [0.25, 0.3) is 0 Å². The van der Waals surface area contributed by atoms with Gasteiger partial charge in [-0.25, -0.2) is 9.59 Å². The minimum Gasteiger partial charge on any atom is -0.492 e. The number of benzene rings is 2. The SMILES string of the molecule is COCCOc1cc(CC2CCN(CCc3ccc4c(c3)C(=O)CCO4)CC2)ccc1Br.O=C(O)C=CC(=O)O. The maximum atomic E-state index is 12.1. The fraction of sp³-hybridized carbons (Fsp3) is 0.433. The Bertz CT molecular complexity index is 1170. The van der Waals surface area contributed by atoms with Gasteiger partial charge in [-0.2, -0.15) is 0 Å². The average Bonchev–Trinajstić information content (AvgIpc) is 2.94. The molecule has 4 rings (SSSR count). The highest BCUT2D eigenvalue weighted by Crippen LogP contribution is 2.30. The topological polar surface area (TPSA) is 123 Å². The van der Waals surface area contributed by atoms with Crippen LogP contribution in [0.15, 0.2) is 53.0 Å². The predicted octanol–water partition coefficient (Wildman–Crippen LogP) is 4.65. The second-order valence-electron chi connectivity index (χ2n) is 9.71. The molecule has 2 heterocycles. The fourth-order valence-electron chi connectivity index (χ4n) is 4.66. The van der Waals surface area contributed by atoms with Gasteiger partial charge < -0.3 is 29.3 Å². The van der Waals surface area contributed by atoms with Crippen LogP contribution in [0.4, 0.5) is 0 Å². The monoisotopic (exact) mass is 617 g/mol. The Morgan fingerprint density at radius 1 is 1.05 bits per heavy atom. The van der Waals surface area contributed by atoms with Crippen molar-refractivity contribution in [3.8, 4) is 11.5 Å². The first-order valence-electron chi connectivity index (χ1n) is 13.3. The Balaban J connectivity index is 0.000000482. The van der Waals surface area contributed by atoms with Crippen LogP contribution in [-0.2, 0) is 27.2 Å². The zero-order valence-electron chi connectivity index (χ0n) is 22.6. The van der Waals surface area contributed by atoms with Crippen molar-refractivity contribution in [2.45, 2.75) is 32.1 Å². The molecule has 0 saturated carbocycles. The summed E-state index contributed by atoms with van der Waals surface area (Å²) in [7, 11) is 1.68. The number of hydrogen-bond acceptors (Lipinski definition) is 7. The number of nitrogens with zero attached hydrogens (tertiary/aromatic N) is 1. The van der Waals surface area contributed by atoms with Crippen LogP contribution >= 0.6 is 15.9 Å². The smallest absolute Gasteiger partial charge is 0.328 e. The van der Waals surface area contributed by atoms with E-state index < -0.39 is 11.9 Å². The van der Waals surface area contributed by atoms with Gasteiger partial charge in [-0.15, -0.1) is 0 Å². The van der Waals surface area contributed by atoms with Crippen molar-refractivity contribution in [1.29, 1.82) is 0 Å². The van der Waals surface area contributed by atoms with E-state index in [1.54, 1.807) is 7.11 Å². The van der Waals surface area contributed by atoms with Crippen LogP contribution in [0.2, 0.25) is 0 Å². The summed E-state index contributed by atoms with van der Waals surface area (Å²) < 4.78 is 17.5. The summed E-state index contributed by atoms with van der Waals surface area (Å²) in [5.41, 5.74) is 3.31. The number of carbonyl (C=O) groups excluding carboxylic acids is 1. The third-order valence-corrected chi connectivity index (χ3v) is 7.44. The molecular formula is C30H36BrNO8. The highest BCUT2D eigenvalue weighted by molar-refractivity contribution is 9.10. The fourth-order valence-corrected chi connectivity index (χ4v) is 5.02. The molecule has 0 aromatic heterocycles. The molecule has 2 aliphatic rings. The molecule has 0 unspecified atom stereocenters. The molecule has 0 atom stereocenters. The van der Waals surface area contributed by atoms with Crippen LogP contribution in [0.3, 0.4) is 0 Å². The number of methoxy groups -OCH3 is 1. The van der Waals surface area contributed by atoms with Crippen LogP contribution < -0.4 is 9.47 Å². The number of carboxylic acids is 2. The molecule has 0 amide bonds. The van der Waals surface area contributed by atoms with Gasteiger partial charge in [0.2, 0.25) is 0 Å². The Morgan fingerprint density at radius 3 is 2.42 bits per heavy atom. The number of carboxylic acid groups (broad SMARTS) is 2. The van der Waals surface area contributed by atoms with E-state index in [0.29, 0.717) is 44.3 Å². The van der Waals surface area contributed by atoms with Gasteiger partial charge in [0.15, 0.2) is 5.78 Å². The van der Waals surface area contributed by atoms with Crippen LogP contribution in [0.5, 0.6) is 11.5 Å². The number of Topliss-reactive ketones (excluding diaryl/α,β-unsaturated/α-hetero) is 1. The molecule has 2 aliphatic heterocycles. The normalized spacial score (nSPS) is 15.6. The van der Waals surface area contributed by atoms with Crippen molar-refractivity contribution in [2.75, 3.05) is 46.6 Å². The first-order valence-corrected chi connectivity index (χ1v) is 14.1. The number of ketones is 1. The predicted molar refractivity (Wildman–Crippen MR) is 153 cm³/mol. The molecule has 1 saturated heterocycles. The zero-order valence-corrected chi connectivity index (χ0v) is 24.2. The van der Waals surface area contributed by atoms with Gasteiger partial charge in [-0.1, -0.05) is 12.1 Å². The molecule has 2 N–H and O–H groups in total. The quantitative estimate of drug-likeness (QED) is 0.274. The second-order valence-corrected chi connectivity index (χ2v) is 10.6.